The highest BCUT2D eigenvalue weighted by atomic mass is 19.1. The number of halogens is 1. The number of hydrogen-bond donors (Lipinski definition) is 1. The zero-order valence-corrected chi connectivity index (χ0v) is 22.1. The smallest absolute Gasteiger partial charge is 0.253 e. The maximum atomic E-state index is 14.5. The monoisotopic (exact) mass is 503 g/mol. The molecule has 1 aliphatic heterocycles. The summed E-state index contributed by atoms with van der Waals surface area (Å²) in [6.07, 6.45) is 0.825. The van der Waals surface area contributed by atoms with Crippen molar-refractivity contribution in [2.75, 3.05) is 31.1 Å². The molecule has 4 aromatic rings. The number of fused-ring (bicyclic) bond motifs is 1. The van der Waals surface area contributed by atoms with Crippen molar-refractivity contribution in [3.8, 4) is 0 Å². The van der Waals surface area contributed by atoms with Gasteiger partial charge in [-0.1, -0.05) is 31.2 Å². The van der Waals surface area contributed by atoms with Crippen molar-refractivity contribution in [3.05, 3.63) is 81.2 Å². The number of anilines is 1. The minimum Gasteiger partial charge on any atom is -0.367 e. The Balaban J connectivity index is 1.60. The summed E-state index contributed by atoms with van der Waals surface area (Å²) >= 11 is 0. The van der Waals surface area contributed by atoms with Crippen LogP contribution in [0.15, 0.2) is 47.3 Å². The van der Waals surface area contributed by atoms with Gasteiger partial charge in [0.2, 0.25) is 0 Å². The molecular formula is C28H34FN7O. The van der Waals surface area contributed by atoms with Crippen LogP contribution < -0.4 is 10.5 Å². The lowest BCUT2D eigenvalue weighted by atomic mass is 9.97. The van der Waals surface area contributed by atoms with Crippen LogP contribution in [0.1, 0.15) is 55.7 Å². The average Bonchev–Trinajstić information content (AvgIpc) is 3.38. The number of para-hydroxylation sites is 1. The number of aromatic nitrogens is 5. The Kier molecular flexibility index (Phi) is 6.58. The Morgan fingerprint density at radius 2 is 1.76 bits per heavy atom. The van der Waals surface area contributed by atoms with E-state index in [9.17, 15) is 9.18 Å². The van der Waals surface area contributed by atoms with Crippen molar-refractivity contribution in [1.29, 1.82) is 0 Å². The topological polar surface area (TPSA) is 82.9 Å². The van der Waals surface area contributed by atoms with Crippen LogP contribution in [0.5, 0.6) is 0 Å². The molecule has 5 rings (SSSR count). The van der Waals surface area contributed by atoms with Crippen molar-refractivity contribution < 1.29 is 4.39 Å². The molecule has 0 aliphatic carbocycles. The number of aryl methyl sites for hydroxylation is 2. The molecule has 37 heavy (non-hydrogen) atoms. The number of nitrogens with zero attached hydrogens (tertiary/aromatic N) is 6. The highest BCUT2D eigenvalue weighted by Crippen LogP contribution is 2.33. The highest BCUT2D eigenvalue weighted by Gasteiger charge is 2.36. The molecule has 1 N–H and O–H groups in total. The van der Waals surface area contributed by atoms with E-state index >= 15 is 0 Å². The quantitative estimate of drug-likeness (QED) is 0.422. The van der Waals surface area contributed by atoms with E-state index < -0.39 is 6.04 Å². The summed E-state index contributed by atoms with van der Waals surface area (Å²) in [6, 6.07) is 12.5. The number of pyridine rings is 1. The number of nitrogens with one attached hydrogen (secondary N) is 1. The van der Waals surface area contributed by atoms with Crippen LogP contribution in [0.4, 0.5) is 10.1 Å². The first kappa shape index (κ1) is 25.1. The van der Waals surface area contributed by atoms with Gasteiger partial charge in [0, 0.05) is 37.1 Å². The standard InChI is InChI=1S/C28H34FN7O/c1-6-28(4,5)36-26(31-32-33-36)25(21-17-20-18(2)11-12-19(3)24(20)30-27(21)37)35-15-13-34(14-16-35)23-10-8-7-9-22(23)29/h7-12,17,25H,6,13-16H2,1-5H3,(H,30,37). The second-order valence-electron chi connectivity index (χ2n) is 10.5. The number of piperazine rings is 1. The lowest BCUT2D eigenvalue weighted by Crippen LogP contribution is -2.50. The molecule has 3 heterocycles. The van der Waals surface area contributed by atoms with E-state index in [4.69, 9.17) is 0 Å². The number of aromatic amines is 1. The van der Waals surface area contributed by atoms with E-state index in [1.807, 2.05) is 35.9 Å². The van der Waals surface area contributed by atoms with E-state index in [-0.39, 0.29) is 16.9 Å². The van der Waals surface area contributed by atoms with Crippen LogP contribution in [0.2, 0.25) is 0 Å². The van der Waals surface area contributed by atoms with Gasteiger partial charge in [-0.25, -0.2) is 9.07 Å². The maximum Gasteiger partial charge on any atom is 0.253 e. The van der Waals surface area contributed by atoms with Gasteiger partial charge in [-0.3, -0.25) is 9.69 Å². The second-order valence-corrected chi connectivity index (χ2v) is 10.5. The lowest BCUT2D eigenvalue weighted by Gasteiger charge is -2.40. The molecule has 1 aliphatic rings. The molecular weight excluding hydrogens is 469 g/mol. The largest absolute Gasteiger partial charge is 0.367 e. The maximum absolute atomic E-state index is 14.5. The molecule has 1 atom stereocenters. The van der Waals surface area contributed by atoms with Gasteiger partial charge < -0.3 is 9.88 Å². The summed E-state index contributed by atoms with van der Waals surface area (Å²) in [7, 11) is 0. The van der Waals surface area contributed by atoms with E-state index in [2.05, 4.69) is 64.1 Å². The van der Waals surface area contributed by atoms with Crippen LogP contribution >= 0.6 is 0 Å². The van der Waals surface area contributed by atoms with Crippen LogP contribution in [0, 0.1) is 19.7 Å². The van der Waals surface area contributed by atoms with Gasteiger partial charge in [0.25, 0.3) is 5.56 Å². The lowest BCUT2D eigenvalue weighted by molar-refractivity contribution is 0.186. The molecule has 9 heteroatoms. The van der Waals surface area contributed by atoms with Gasteiger partial charge in [0.15, 0.2) is 5.82 Å². The third-order valence-corrected chi connectivity index (χ3v) is 7.82. The molecule has 0 radical (unpaired) electrons. The van der Waals surface area contributed by atoms with Gasteiger partial charge in [-0.15, -0.1) is 5.10 Å². The van der Waals surface area contributed by atoms with E-state index in [0.717, 1.165) is 28.5 Å². The van der Waals surface area contributed by atoms with Crippen molar-refractivity contribution in [2.24, 2.45) is 0 Å². The predicted octanol–water partition coefficient (Wildman–Crippen LogP) is 4.33. The van der Waals surface area contributed by atoms with E-state index in [1.165, 1.54) is 6.07 Å². The molecule has 0 bridgehead atoms. The fourth-order valence-corrected chi connectivity index (χ4v) is 5.17. The molecule has 2 aromatic carbocycles. The van der Waals surface area contributed by atoms with Gasteiger partial charge in [0.1, 0.15) is 11.9 Å². The minimum atomic E-state index is -0.448. The molecule has 8 nitrogen and oxygen atoms in total. The van der Waals surface area contributed by atoms with Crippen molar-refractivity contribution in [2.45, 2.75) is 52.6 Å². The Hall–Kier alpha value is -3.59. The Labute approximate surface area is 216 Å². The zero-order valence-electron chi connectivity index (χ0n) is 22.1. The minimum absolute atomic E-state index is 0.147. The molecule has 0 amide bonds. The average molecular weight is 504 g/mol. The first-order valence-electron chi connectivity index (χ1n) is 12.9. The van der Waals surface area contributed by atoms with Crippen LogP contribution in [0.3, 0.4) is 0 Å². The third kappa shape index (κ3) is 4.52. The second kappa shape index (κ2) is 9.70. The molecule has 194 valence electrons. The fraction of sp³-hybridized carbons (Fsp3) is 0.429. The highest BCUT2D eigenvalue weighted by molar-refractivity contribution is 5.85. The fourth-order valence-electron chi connectivity index (χ4n) is 5.17. The van der Waals surface area contributed by atoms with Gasteiger partial charge in [-0.2, -0.15) is 0 Å². The normalized spacial score (nSPS) is 15.9. The van der Waals surface area contributed by atoms with Crippen molar-refractivity contribution >= 4 is 16.6 Å². The Bertz CT molecular complexity index is 1480. The molecule has 1 unspecified atom stereocenters. The molecule has 0 saturated carbocycles. The van der Waals surface area contributed by atoms with E-state index in [1.54, 1.807) is 6.07 Å². The number of H-pyrrole nitrogens is 1. The van der Waals surface area contributed by atoms with Crippen molar-refractivity contribution in [3.63, 3.8) is 0 Å². The summed E-state index contributed by atoms with van der Waals surface area (Å²) in [4.78, 5) is 21.1. The zero-order chi connectivity index (χ0) is 26.3. The summed E-state index contributed by atoms with van der Waals surface area (Å²) in [5.41, 5.74) is 3.71. The van der Waals surface area contributed by atoms with Gasteiger partial charge in [0.05, 0.1) is 16.7 Å². The SMILES string of the molecule is CCC(C)(C)n1nnnc1C(c1cc2c(C)ccc(C)c2[nH]c1=O)N1CCN(c2ccccc2F)CC1. The Morgan fingerprint density at radius 1 is 1.05 bits per heavy atom. The summed E-state index contributed by atoms with van der Waals surface area (Å²) < 4.78 is 16.3. The molecule has 2 aromatic heterocycles. The molecule has 1 fully saturated rings. The molecule has 1 saturated heterocycles. The first-order valence-corrected chi connectivity index (χ1v) is 12.9. The van der Waals surface area contributed by atoms with Crippen LogP contribution in [-0.2, 0) is 5.54 Å². The number of tetrazole rings is 1. The number of rotatable bonds is 6. The number of hydrogen-bond acceptors (Lipinski definition) is 6. The van der Waals surface area contributed by atoms with Crippen molar-refractivity contribution in [1.82, 2.24) is 30.1 Å². The van der Waals surface area contributed by atoms with Crippen LogP contribution in [-0.4, -0.2) is 56.3 Å². The predicted molar refractivity (Wildman–Crippen MR) is 144 cm³/mol. The number of benzene rings is 2. The van der Waals surface area contributed by atoms with Gasteiger partial charge >= 0.3 is 0 Å². The summed E-state index contributed by atoms with van der Waals surface area (Å²) in [6.45, 7) is 12.8. The summed E-state index contributed by atoms with van der Waals surface area (Å²) in [5.74, 6) is 0.416. The summed E-state index contributed by atoms with van der Waals surface area (Å²) in [5, 5.41) is 13.9. The van der Waals surface area contributed by atoms with E-state index in [0.29, 0.717) is 43.3 Å². The van der Waals surface area contributed by atoms with Crippen LogP contribution in [0.25, 0.3) is 10.9 Å². The third-order valence-electron chi connectivity index (χ3n) is 7.82. The first-order chi connectivity index (χ1) is 17.7. The Morgan fingerprint density at radius 3 is 2.46 bits per heavy atom. The molecule has 0 spiro atoms. The van der Waals surface area contributed by atoms with Gasteiger partial charge in [-0.05, 0) is 73.9 Å².